The molecule has 0 saturated carbocycles. The van der Waals surface area contributed by atoms with Crippen molar-refractivity contribution >= 4 is 36.4 Å². The van der Waals surface area contributed by atoms with Gasteiger partial charge >= 0.3 is 0 Å². The molecule has 0 heterocycles. The number of carbonyl (C=O) groups excluding carboxylic acids is 1. The van der Waals surface area contributed by atoms with Crippen LogP contribution in [0.15, 0.2) is 24.3 Å². The highest BCUT2D eigenvalue weighted by Gasteiger charge is 2.07. The molecule has 1 amide bonds. The van der Waals surface area contributed by atoms with Crippen molar-refractivity contribution in [2.75, 3.05) is 25.0 Å². The van der Waals surface area contributed by atoms with Crippen LogP contribution in [0.4, 0.5) is 5.69 Å². The Morgan fingerprint density at radius 3 is 2.15 bits per heavy atom. The SMILES string of the molecule is CC(C)NCCC(=O)Nc1ccc(OCC(O)CNC(C)C)cc1.Cl.Cl. The number of aliphatic hydroxyl groups is 1. The van der Waals surface area contributed by atoms with Gasteiger partial charge in [-0.3, -0.25) is 4.79 Å². The van der Waals surface area contributed by atoms with E-state index in [2.05, 4.69) is 16.0 Å². The Balaban J connectivity index is 0. The van der Waals surface area contributed by atoms with Crippen molar-refractivity contribution in [2.45, 2.75) is 52.3 Å². The Hall–Kier alpha value is -1.05. The van der Waals surface area contributed by atoms with Crippen LogP contribution >= 0.6 is 24.8 Å². The molecule has 0 aromatic heterocycles. The van der Waals surface area contributed by atoms with Crippen LogP contribution in [0.1, 0.15) is 34.1 Å². The van der Waals surface area contributed by atoms with Crippen molar-refractivity contribution in [2.24, 2.45) is 0 Å². The lowest BCUT2D eigenvalue weighted by Gasteiger charge is -2.15. The number of anilines is 1. The fraction of sp³-hybridized carbons (Fsp3) is 0.611. The average Bonchev–Trinajstić information content (AvgIpc) is 2.51. The highest BCUT2D eigenvalue weighted by Crippen LogP contribution is 2.16. The van der Waals surface area contributed by atoms with E-state index in [1.165, 1.54) is 0 Å². The maximum absolute atomic E-state index is 11.8. The minimum absolute atomic E-state index is 0. The number of rotatable bonds is 11. The van der Waals surface area contributed by atoms with E-state index in [1.54, 1.807) is 24.3 Å². The molecule has 26 heavy (non-hydrogen) atoms. The molecule has 8 heteroatoms. The maximum Gasteiger partial charge on any atom is 0.225 e. The van der Waals surface area contributed by atoms with Gasteiger partial charge in [0.25, 0.3) is 0 Å². The molecule has 1 unspecified atom stereocenters. The lowest BCUT2D eigenvalue weighted by Crippen LogP contribution is -2.35. The van der Waals surface area contributed by atoms with Gasteiger partial charge in [0.2, 0.25) is 5.91 Å². The van der Waals surface area contributed by atoms with Gasteiger partial charge in [-0.25, -0.2) is 0 Å². The number of hydrogen-bond donors (Lipinski definition) is 4. The number of ether oxygens (including phenoxy) is 1. The van der Waals surface area contributed by atoms with Gasteiger partial charge in [-0.1, -0.05) is 27.7 Å². The van der Waals surface area contributed by atoms with Crippen molar-refractivity contribution in [3.05, 3.63) is 24.3 Å². The summed E-state index contributed by atoms with van der Waals surface area (Å²) in [5.41, 5.74) is 0.735. The molecule has 0 spiro atoms. The second kappa shape index (κ2) is 15.1. The highest BCUT2D eigenvalue weighted by atomic mass is 35.5. The van der Waals surface area contributed by atoms with Crippen LogP contribution in [0.3, 0.4) is 0 Å². The zero-order chi connectivity index (χ0) is 17.9. The molecule has 0 saturated heterocycles. The van der Waals surface area contributed by atoms with Gasteiger partial charge in [0.05, 0.1) is 0 Å². The molecule has 0 aliphatic carbocycles. The van der Waals surface area contributed by atoms with E-state index in [0.717, 1.165) is 5.69 Å². The van der Waals surface area contributed by atoms with E-state index < -0.39 is 6.10 Å². The summed E-state index contributed by atoms with van der Waals surface area (Å²) < 4.78 is 5.54. The van der Waals surface area contributed by atoms with Gasteiger partial charge < -0.3 is 25.8 Å². The summed E-state index contributed by atoms with van der Waals surface area (Å²) >= 11 is 0. The largest absolute Gasteiger partial charge is 0.491 e. The highest BCUT2D eigenvalue weighted by molar-refractivity contribution is 5.90. The molecular weight excluding hydrogens is 377 g/mol. The lowest BCUT2D eigenvalue weighted by atomic mass is 10.2. The summed E-state index contributed by atoms with van der Waals surface area (Å²) in [5.74, 6) is 0.644. The van der Waals surface area contributed by atoms with Crippen LogP contribution in [0.2, 0.25) is 0 Å². The van der Waals surface area contributed by atoms with E-state index in [-0.39, 0.29) is 37.3 Å². The van der Waals surface area contributed by atoms with Crippen molar-refractivity contribution < 1.29 is 14.6 Å². The summed E-state index contributed by atoms with van der Waals surface area (Å²) in [6, 6.07) is 7.86. The van der Waals surface area contributed by atoms with Gasteiger partial charge in [-0.2, -0.15) is 0 Å². The second-order valence-electron chi connectivity index (χ2n) is 6.46. The molecule has 1 rings (SSSR count). The molecule has 1 aromatic rings. The lowest BCUT2D eigenvalue weighted by molar-refractivity contribution is -0.116. The summed E-state index contributed by atoms with van der Waals surface area (Å²) in [7, 11) is 0. The van der Waals surface area contributed by atoms with Crippen molar-refractivity contribution in [1.29, 1.82) is 0 Å². The van der Waals surface area contributed by atoms with Crippen LogP contribution in [-0.4, -0.2) is 48.9 Å². The summed E-state index contributed by atoms with van der Waals surface area (Å²) in [6.45, 7) is 9.54. The van der Waals surface area contributed by atoms with Crippen LogP contribution in [-0.2, 0) is 4.79 Å². The first-order valence-electron chi connectivity index (χ1n) is 8.54. The van der Waals surface area contributed by atoms with Crippen molar-refractivity contribution in [3.63, 3.8) is 0 Å². The van der Waals surface area contributed by atoms with Gasteiger partial charge in [0, 0.05) is 37.3 Å². The summed E-state index contributed by atoms with van der Waals surface area (Å²) in [6.07, 6.45) is -0.119. The predicted molar refractivity (Wildman–Crippen MR) is 112 cm³/mol. The molecule has 0 aliphatic rings. The van der Waals surface area contributed by atoms with E-state index in [0.29, 0.717) is 37.3 Å². The average molecular weight is 410 g/mol. The first-order valence-corrected chi connectivity index (χ1v) is 8.54. The number of aliphatic hydroxyl groups excluding tert-OH is 1. The van der Waals surface area contributed by atoms with E-state index in [1.807, 2.05) is 27.7 Å². The molecule has 0 fully saturated rings. The monoisotopic (exact) mass is 409 g/mol. The normalized spacial score (nSPS) is 11.5. The van der Waals surface area contributed by atoms with Crippen LogP contribution in [0.5, 0.6) is 5.75 Å². The molecular formula is C18H33Cl2N3O3. The minimum atomic E-state index is -0.555. The van der Waals surface area contributed by atoms with Crippen molar-refractivity contribution in [1.82, 2.24) is 10.6 Å². The Kier molecular flexibility index (Phi) is 15.7. The quantitative estimate of drug-likeness (QED) is 0.451. The topological polar surface area (TPSA) is 82.6 Å². The number of halogens is 2. The second-order valence-corrected chi connectivity index (χ2v) is 6.46. The number of amides is 1. The van der Waals surface area contributed by atoms with Gasteiger partial charge in [0.15, 0.2) is 0 Å². The molecule has 152 valence electrons. The summed E-state index contributed by atoms with van der Waals surface area (Å²) in [4.78, 5) is 11.8. The standard InChI is InChI=1S/C18H31N3O3.2ClH/c1-13(2)19-10-9-18(23)21-15-5-7-17(8-6-15)24-12-16(22)11-20-14(3)4;;/h5-8,13-14,16,19-20,22H,9-12H2,1-4H3,(H,21,23);2*1H. The van der Waals surface area contributed by atoms with E-state index in [9.17, 15) is 9.90 Å². The first-order chi connectivity index (χ1) is 11.4. The molecule has 6 nitrogen and oxygen atoms in total. The number of benzene rings is 1. The molecule has 4 N–H and O–H groups in total. The Morgan fingerprint density at radius 1 is 1.04 bits per heavy atom. The molecule has 0 bridgehead atoms. The smallest absolute Gasteiger partial charge is 0.225 e. The number of nitrogens with one attached hydrogen (secondary N) is 3. The third-order valence-electron chi connectivity index (χ3n) is 3.25. The van der Waals surface area contributed by atoms with Gasteiger partial charge in [-0.15, -0.1) is 24.8 Å². The van der Waals surface area contributed by atoms with Crippen LogP contribution in [0, 0.1) is 0 Å². The van der Waals surface area contributed by atoms with Crippen LogP contribution in [0.25, 0.3) is 0 Å². The van der Waals surface area contributed by atoms with E-state index >= 15 is 0 Å². The van der Waals surface area contributed by atoms with Crippen LogP contribution < -0.4 is 20.7 Å². The molecule has 1 atom stereocenters. The Labute approximate surface area is 169 Å². The zero-order valence-corrected chi connectivity index (χ0v) is 17.6. The molecule has 1 aromatic carbocycles. The molecule has 0 aliphatic heterocycles. The fourth-order valence-electron chi connectivity index (χ4n) is 1.96. The number of carbonyl (C=O) groups is 1. The van der Waals surface area contributed by atoms with Gasteiger partial charge in [-0.05, 0) is 24.3 Å². The van der Waals surface area contributed by atoms with Gasteiger partial charge in [0.1, 0.15) is 18.5 Å². The Morgan fingerprint density at radius 2 is 1.62 bits per heavy atom. The Bertz CT molecular complexity index is 485. The third-order valence-corrected chi connectivity index (χ3v) is 3.25. The summed E-state index contributed by atoms with van der Waals surface area (Å²) in [5, 5.41) is 19.0. The minimum Gasteiger partial charge on any atom is -0.491 e. The van der Waals surface area contributed by atoms with Crippen molar-refractivity contribution in [3.8, 4) is 5.75 Å². The first kappa shape index (κ1) is 27.2. The maximum atomic E-state index is 11.8. The number of hydrogen-bond acceptors (Lipinski definition) is 5. The molecule has 0 radical (unpaired) electrons. The van der Waals surface area contributed by atoms with E-state index in [4.69, 9.17) is 4.74 Å². The zero-order valence-electron chi connectivity index (χ0n) is 16.0. The fourth-order valence-corrected chi connectivity index (χ4v) is 1.96. The predicted octanol–water partition coefficient (Wildman–Crippen LogP) is 2.59. The third kappa shape index (κ3) is 13.2.